The maximum atomic E-state index is 12.7. The first-order valence-corrected chi connectivity index (χ1v) is 9.81. The second-order valence-electron chi connectivity index (χ2n) is 6.56. The highest BCUT2D eigenvalue weighted by molar-refractivity contribution is 9.10. The molecule has 142 valence electrons. The van der Waals surface area contributed by atoms with Gasteiger partial charge in [0.15, 0.2) is 0 Å². The maximum Gasteiger partial charge on any atom is 0.253 e. The molecule has 0 saturated carbocycles. The average molecular weight is 431 g/mol. The molecule has 0 spiro atoms. The lowest BCUT2D eigenvalue weighted by Gasteiger charge is -2.22. The molecule has 6 heteroatoms. The van der Waals surface area contributed by atoms with Crippen LogP contribution in [0.5, 0.6) is 5.75 Å². The van der Waals surface area contributed by atoms with Crippen molar-refractivity contribution in [3.05, 3.63) is 64.1 Å². The number of halogens is 1. The topological polar surface area (TPSA) is 49.9 Å². The van der Waals surface area contributed by atoms with Crippen molar-refractivity contribution in [3.8, 4) is 5.75 Å². The van der Waals surface area contributed by atoms with Crippen LogP contribution in [0.4, 0.5) is 0 Å². The van der Waals surface area contributed by atoms with Gasteiger partial charge in [0.2, 0.25) is 5.91 Å². The van der Waals surface area contributed by atoms with Gasteiger partial charge < -0.3 is 14.5 Å². The number of hydrogen-bond acceptors (Lipinski definition) is 3. The van der Waals surface area contributed by atoms with Crippen LogP contribution in [0.25, 0.3) is 0 Å². The SMILES string of the molecule is COc1ccc(CC(=O)N2CCCN(C(=O)c3cccc(Br)c3)CC2)cc1. The zero-order valence-corrected chi connectivity index (χ0v) is 16.9. The minimum absolute atomic E-state index is 0.0146. The summed E-state index contributed by atoms with van der Waals surface area (Å²) in [6.45, 7) is 2.46. The first-order chi connectivity index (χ1) is 13.1. The fourth-order valence-electron chi connectivity index (χ4n) is 3.20. The molecular formula is C21H23BrN2O3. The third-order valence-corrected chi connectivity index (χ3v) is 5.22. The highest BCUT2D eigenvalue weighted by atomic mass is 79.9. The number of carbonyl (C=O) groups is 2. The molecule has 1 saturated heterocycles. The van der Waals surface area contributed by atoms with Crippen LogP contribution in [-0.2, 0) is 11.2 Å². The summed E-state index contributed by atoms with van der Waals surface area (Å²) in [6, 6.07) is 15.0. The molecule has 0 aromatic heterocycles. The molecule has 0 bridgehead atoms. The fraction of sp³-hybridized carbons (Fsp3) is 0.333. The predicted octanol–water partition coefficient (Wildman–Crippen LogP) is 3.37. The smallest absolute Gasteiger partial charge is 0.253 e. The number of amides is 2. The average Bonchev–Trinajstić information content (AvgIpc) is 2.94. The van der Waals surface area contributed by atoms with Gasteiger partial charge in [-0.1, -0.05) is 34.1 Å². The van der Waals surface area contributed by atoms with Gasteiger partial charge in [-0.3, -0.25) is 9.59 Å². The van der Waals surface area contributed by atoms with E-state index in [2.05, 4.69) is 15.9 Å². The van der Waals surface area contributed by atoms with E-state index in [9.17, 15) is 9.59 Å². The molecule has 2 aromatic carbocycles. The Bertz CT molecular complexity index is 807. The van der Waals surface area contributed by atoms with E-state index in [-0.39, 0.29) is 11.8 Å². The summed E-state index contributed by atoms with van der Waals surface area (Å²) in [5, 5.41) is 0. The van der Waals surface area contributed by atoms with Gasteiger partial charge in [-0.15, -0.1) is 0 Å². The summed E-state index contributed by atoms with van der Waals surface area (Å²) < 4.78 is 6.04. The van der Waals surface area contributed by atoms with Crippen molar-refractivity contribution in [2.24, 2.45) is 0 Å². The quantitative estimate of drug-likeness (QED) is 0.746. The molecule has 2 amide bonds. The van der Waals surface area contributed by atoms with E-state index >= 15 is 0 Å². The highest BCUT2D eigenvalue weighted by Gasteiger charge is 2.23. The van der Waals surface area contributed by atoms with Crippen molar-refractivity contribution in [3.63, 3.8) is 0 Å². The van der Waals surface area contributed by atoms with Crippen LogP contribution in [0.1, 0.15) is 22.3 Å². The summed E-state index contributed by atoms with van der Waals surface area (Å²) in [6.07, 6.45) is 1.15. The van der Waals surface area contributed by atoms with E-state index in [1.165, 1.54) is 0 Å². The molecule has 3 rings (SSSR count). The van der Waals surface area contributed by atoms with Crippen LogP contribution in [0, 0.1) is 0 Å². The summed E-state index contributed by atoms with van der Waals surface area (Å²) in [5.74, 6) is 0.889. The lowest BCUT2D eigenvalue weighted by Crippen LogP contribution is -2.38. The summed E-state index contributed by atoms with van der Waals surface area (Å²) in [4.78, 5) is 29.1. The van der Waals surface area contributed by atoms with Crippen LogP contribution in [-0.4, -0.2) is 54.9 Å². The molecule has 5 nitrogen and oxygen atoms in total. The second kappa shape index (κ2) is 9.04. The van der Waals surface area contributed by atoms with Crippen LogP contribution in [0.15, 0.2) is 53.0 Å². The molecule has 0 aliphatic carbocycles. The Hall–Kier alpha value is -2.34. The zero-order valence-electron chi connectivity index (χ0n) is 15.4. The molecule has 1 aliphatic heterocycles. The summed E-state index contributed by atoms with van der Waals surface area (Å²) in [7, 11) is 1.62. The molecule has 0 atom stereocenters. The lowest BCUT2D eigenvalue weighted by atomic mass is 10.1. The molecular weight excluding hydrogens is 408 g/mol. The summed E-state index contributed by atoms with van der Waals surface area (Å²) in [5.41, 5.74) is 1.63. The third-order valence-electron chi connectivity index (χ3n) is 4.72. The first kappa shape index (κ1) is 19.4. The van der Waals surface area contributed by atoms with Crippen LogP contribution >= 0.6 is 15.9 Å². The highest BCUT2D eigenvalue weighted by Crippen LogP contribution is 2.16. The first-order valence-electron chi connectivity index (χ1n) is 9.02. The normalized spacial score (nSPS) is 14.6. The predicted molar refractivity (Wildman–Crippen MR) is 108 cm³/mol. The molecule has 2 aromatic rings. The van der Waals surface area contributed by atoms with E-state index in [1.54, 1.807) is 7.11 Å². The summed E-state index contributed by atoms with van der Waals surface area (Å²) >= 11 is 3.41. The molecule has 1 heterocycles. The van der Waals surface area contributed by atoms with E-state index in [0.717, 1.165) is 22.2 Å². The molecule has 1 aliphatic rings. The fourth-order valence-corrected chi connectivity index (χ4v) is 3.60. The number of rotatable bonds is 4. The van der Waals surface area contributed by atoms with Gasteiger partial charge in [0, 0.05) is 36.2 Å². The van der Waals surface area contributed by atoms with Crippen molar-refractivity contribution >= 4 is 27.7 Å². The minimum atomic E-state index is 0.0146. The number of carbonyl (C=O) groups excluding carboxylic acids is 2. The Morgan fingerprint density at radius 3 is 2.41 bits per heavy atom. The van der Waals surface area contributed by atoms with Crippen molar-refractivity contribution < 1.29 is 14.3 Å². The Kier molecular flexibility index (Phi) is 6.50. The third kappa shape index (κ3) is 5.10. The van der Waals surface area contributed by atoms with Gasteiger partial charge in [-0.25, -0.2) is 0 Å². The van der Waals surface area contributed by atoms with Gasteiger partial charge >= 0.3 is 0 Å². The minimum Gasteiger partial charge on any atom is -0.497 e. The number of benzene rings is 2. The van der Waals surface area contributed by atoms with E-state index in [1.807, 2.05) is 58.3 Å². The molecule has 1 fully saturated rings. The van der Waals surface area contributed by atoms with E-state index in [4.69, 9.17) is 4.74 Å². The van der Waals surface area contributed by atoms with E-state index in [0.29, 0.717) is 38.2 Å². The Morgan fingerprint density at radius 2 is 1.70 bits per heavy atom. The van der Waals surface area contributed by atoms with Gasteiger partial charge in [0.05, 0.1) is 13.5 Å². The Balaban J connectivity index is 1.58. The van der Waals surface area contributed by atoms with Crippen LogP contribution in [0.3, 0.4) is 0 Å². The number of hydrogen-bond donors (Lipinski definition) is 0. The van der Waals surface area contributed by atoms with Crippen molar-refractivity contribution in [2.45, 2.75) is 12.8 Å². The number of methoxy groups -OCH3 is 1. The van der Waals surface area contributed by atoms with Crippen molar-refractivity contribution in [2.75, 3.05) is 33.3 Å². The van der Waals surface area contributed by atoms with Gasteiger partial charge in [-0.2, -0.15) is 0 Å². The molecule has 0 unspecified atom stereocenters. The van der Waals surface area contributed by atoms with Crippen LogP contribution < -0.4 is 4.74 Å². The van der Waals surface area contributed by atoms with Crippen LogP contribution in [0.2, 0.25) is 0 Å². The monoisotopic (exact) mass is 430 g/mol. The second-order valence-corrected chi connectivity index (χ2v) is 7.48. The Morgan fingerprint density at radius 1 is 1.00 bits per heavy atom. The molecule has 27 heavy (non-hydrogen) atoms. The van der Waals surface area contributed by atoms with E-state index < -0.39 is 0 Å². The van der Waals surface area contributed by atoms with Gasteiger partial charge in [0.1, 0.15) is 5.75 Å². The zero-order chi connectivity index (χ0) is 19.2. The molecule has 0 radical (unpaired) electrons. The lowest BCUT2D eigenvalue weighted by molar-refractivity contribution is -0.130. The molecule has 0 N–H and O–H groups in total. The maximum absolute atomic E-state index is 12.7. The Labute approximate surface area is 168 Å². The number of ether oxygens (including phenoxy) is 1. The largest absolute Gasteiger partial charge is 0.497 e. The van der Waals surface area contributed by atoms with Gasteiger partial charge in [0.25, 0.3) is 5.91 Å². The van der Waals surface area contributed by atoms with Gasteiger partial charge in [-0.05, 0) is 42.3 Å². The van der Waals surface area contributed by atoms with Crippen molar-refractivity contribution in [1.82, 2.24) is 9.80 Å². The standard InChI is InChI=1S/C21H23BrN2O3/c1-27-19-8-6-16(7-9-19)14-20(25)23-10-3-11-24(13-12-23)21(26)17-4-2-5-18(22)15-17/h2,4-9,15H,3,10-14H2,1H3. The number of nitrogens with zero attached hydrogens (tertiary/aromatic N) is 2. The van der Waals surface area contributed by atoms with Crippen molar-refractivity contribution in [1.29, 1.82) is 0 Å².